The number of benzene rings is 1. The van der Waals surface area contributed by atoms with Gasteiger partial charge in [-0.25, -0.2) is 0 Å². The maximum absolute atomic E-state index is 12.6. The number of nitrogens with zero attached hydrogens (tertiary/aromatic N) is 2. The Kier molecular flexibility index (Phi) is 4.67. The molecule has 0 atom stereocenters. The SMILES string of the molecule is O=[N+]([O-])c1cc(Br)c(Cl)cc1N1CCC(C(F)(F)F)CC1. The van der Waals surface area contributed by atoms with E-state index in [0.717, 1.165) is 0 Å². The van der Waals surface area contributed by atoms with E-state index in [-0.39, 0.29) is 42.3 Å². The van der Waals surface area contributed by atoms with E-state index in [9.17, 15) is 23.3 Å². The third-order valence-electron chi connectivity index (χ3n) is 3.51. The minimum Gasteiger partial charge on any atom is -0.366 e. The number of nitro groups is 1. The van der Waals surface area contributed by atoms with E-state index in [2.05, 4.69) is 15.9 Å². The molecule has 9 heteroatoms. The van der Waals surface area contributed by atoms with Gasteiger partial charge in [-0.3, -0.25) is 10.1 Å². The summed E-state index contributed by atoms with van der Waals surface area (Å²) in [5.41, 5.74) is 0.0885. The van der Waals surface area contributed by atoms with Crippen LogP contribution in [-0.4, -0.2) is 24.2 Å². The minimum atomic E-state index is -4.21. The Hall–Kier alpha value is -1.02. The summed E-state index contributed by atoms with van der Waals surface area (Å²) in [4.78, 5) is 12.1. The number of rotatable bonds is 2. The Morgan fingerprint density at radius 1 is 1.33 bits per heavy atom. The van der Waals surface area contributed by atoms with Crippen molar-refractivity contribution < 1.29 is 18.1 Å². The number of halogens is 5. The molecule has 1 aliphatic rings. The highest BCUT2D eigenvalue weighted by atomic mass is 79.9. The van der Waals surface area contributed by atoms with Crippen LogP contribution in [0.25, 0.3) is 0 Å². The van der Waals surface area contributed by atoms with Gasteiger partial charge in [0.1, 0.15) is 5.69 Å². The average molecular weight is 388 g/mol. The van der Waals surface area contributed by atoms with E-state index in [0.29, 0.717) is 4.47 Å². The second-order valence-electron chi connectivity index (χ2n) is 4.82. The molecule has 1 aliphatic heterocycles. The second kappa shape index (κ2) is 6.00. The number of hydrogen-bond donors (Lipinski definition) is 0. The number of piperidine rings is 1. The lowest BCUT2D eigenvalue weighted by molar-refractivity contribution is -0.384. The summed E-state index contributed by atoms with van der Waals surface area (Å²) in [6, 6.07) is 2.69. The predicted molar refractivity (Wildman–Crippen MR) is 76.8 cm³/mol. The fourth-order valence-electron chi connectivity index (χ4n) is 2.37. The van der Waals surface area contributed by atoms with E-state index in [1.807, 2.05) is 0 Å². The zero-order valence-electron chi connectivity index (χ0n) is 10.7. The van der Waals surface area contributed by atoms with Crippen molar-refractivity contribution in [3.8, 4) is 0 Å². The van der Waals surface area contributed by atoms with Crippen molar-refractivity contribution in [1.29, 1.82) is 0 Å². The zero-order chi connectivity index (χ0) is 15.8. The van der Waals surface area contributed by atoms with Crippen molar-refractivity contribution in [3.05, 3.63) is 31.7 Å². The van der Waals surface area contributed by atoms with Crippen LogP contribution >= 0.6 is 27.5 Å². The van der Waals surface area contributed by atoms with Crippen molar-refractivity contribution in [3.63, 3.8) is 0 Å². The molecule has 1 aromatic carbocycles. The maximum atomic E-state index is 12.6. The third kappa shape index (κ3) is 3.60. The minimum absolute atomic E-state index is 0.0751. The Morgan fingerprint density at radius 2 is 1.90 bits per heavy atom. The van der Waals surface area contributed by atoms with Gasteiger partial charge >= 0.3 is 6.18 Å². The van der Waals surface area contributed by atoms with Gasteiger partial charge in [-0.15, -0.1) is 0 Å². The van der Waals surface area contributed by atoms with Crippen molar-refractivity contribution in [2.75, 3.05) is 18.0 Å². The molecule has 0 spiro atoms. The van der Waals surface area contributed by atoms with Gasteiger partial charge in [0.15, 0.2) is 0 Å². The van der Waals surface area contributed by atoms with Crippen molar-refractivity contribution >= 4 is 38.9 Å². The van der Waals surface area contributed by atoms with Gasteiger partial charge in [-0.05, 0) is 34.8 Å². The Morgan fingerprint density at radius 3 is 2.38 bits per heavy atom. The summed E-state index contributed by atoms with van der Waals surface area (Å²) >= 11 is 9.04. The molecule has 0 aliphatic carbocycles. The molecule has 0 aromatic heterocycles. The number of alkyl halides is 3. The molecule has 1 aromatic rings. The highest BCUT2D eigenvalue weighted by Gasteiger charge is 2.41. The van der Waals surface area contributed by atoms with Crippen LogP contribution in [0.3, 0.4) is 0 Å². The molecule has 21 heavy (non-hydrogen) atoms. The maximum Gasteiger partial charge on any atom is 0.391 e. The highest BCUT2D eigenvalue weighted by Crippen LogP contribution is 2.40. The smallest absolute Gasteiger partial charge is 0.366 e. The van der Waals surface area contributed by atoms with Crippen molar-refractivity contribution in [2.45, 2.75) is 19.0 Å². The fraction of sp³-hybridized carbons (Fsp3) is 0.500. The van der Waals surface area contributed by atoms with Crippen molar-refractivity contribution in [1.82, 2.24) is 0 Å². The molecular formula is C12H11BrClF3N2O2. The largest absolute Gasteiger partial charge is 0.391 e. The molecule has 0 N–H and O–H groups in total. The van der Waals surface area contributed by atoms with E-state index >= 15 is 0 Å². The molecule has 1 saturated heterocycles. The van der Waals surface area contributed by atoms with Gasteiger partial charge in [0.2, 0.25) is 0 Å². The zero-order valence-corrected chi connectivity index (χ0v) is 13.0. The third-order valence-corrected chi connectivity index (χ3v) is 4.71. The summed E-state index contributed by atoms with van der Waals surface area (Å²) in [6.45, 7) is 0.228. The molecule has 4 nitrogen and oxygen atoms in total. The molecule has 0 unspecified atom stereocenters. The van der Waals surface area contributed by atoms with Gasteiger partial charge in [-0.1, -0.05) is 11.6 Å². The Bertz CT molecular complexity index is 560. The molecule has 0 saturated carbocycles. The fourth-order valence-corrected chi connectivity index (χ4v) is 2.86. The summed E-state index contributed by atoms with van der Waals surface area (Å²) < 4.78 is 38.3. The van der Waals surface area contributed by atoms with Gasteiger partial charge in [0, 0.05) is 23.6 Å². The number of hydrogen-bond acceptors (Lipinski definition) is 3. The van der Waals surface area contributed by atoms with Gasteiger partial charge < -0.3 is 4.90 Å². The highest BCUT2D eigenvalue weighted by molar-refractivity contribution is 9.10. The quantitative estimate of drug-likeness (QED) is 0.541. The van der Waals surface area contributed by atoms with E-state index in [1.54, 1.807) is 4.90 Å². The molecule has 1 fully saturated rings. The van der Waals surface area contributed by atoms with E-state index in [1.165, 1.54) is 12.1 Å². The van der Waals surface area contributed by atoms with Crippen molar-refractivity contribution in [2.24, 2.45) is 5.92 Å². The van der Waals surface area contributed by atoms with Crippen LogP contribution in [0, 0.1) is 16.0 Å². The molecule has 2 rings (SSSR count). The normalized spacial score (nSPS) is 17.1. The molecule has 0 radical (unpaired) electrons. The van der Waals surface area contributed by atoms with Gasteiger partial charge in [0.05, 0.1) is 15.9 Å². The Labute approximate surface area is 132 Å². The lowest BCUT2D eigenvalue weighted by Gasteiger charge is -2.34. The standard InChI is InChI=1S/C12H11BrClF3N2O2/c13-8-5-11(19(20)21)10(6-9(8)14)18-3-1-7(2-4-18)12(15,16)17/h5-7H,1-4H2. The topological polar surface area (TPSA) is 46.4 Å². The van der Waals surface area contributed by atoms with Gasteiger partial charge in [-0.2, -0.15) is 13.2 Å². The van der Waals surface area contributed by atoms with Crippen LogP contribution < -0.4 is 4.90 Å². The summed E-state index contributed by atoms with van der Waals surface area (Å²) in [5, 5.41) is 11.4. The first-order chi connectivity index (χ1) is 9.70. The first-order valence-electron chi connectivity index (χ1n) is 6.15. The van der Waals surface area contributed by atoms with Crippen LogP contribution in [0.15, 0.2) is 16.6 Å². The first-order valence-corrected chi connectivity index (χ1v) is 7.32. The number of anilines is 1. The number of nitro benzene ring substituents is 1. The summed E-state index contributed by atoms with van der Waals surface area (Å²) in [6.07, 6.45) is -4.36. The average Bonchev–Trinajstić information content (AvgIpc) is 2.40. The molecule has 0 bridgehead atoms. The van der Waals surface area contributed by atoms with Gasteiger partial charge in [0.25, 0.3) is 5.69 Å². The predicted octanol–water partition coefficient (Wildman–Crippen LogP) is 4.79. The molecule has 0 amide bonds. The van der Waals surface area contributed by atoms with Crippen LogP contribution in [0.5, 0.6) is 0 Å². The summed E-state index contributed by atoms with van der Waals surface area (Å²) in [7, 11) is 0. The second-order valence-corrected chi connectivity index (χ2v) is 6.08. The first kappa shape index (κ1) is 16.4. The molecule has 1 heterocycles. The lowest BCUT2D eigenvalue weighted by Crippen LogP contribution is -2.39. The van der Waals surface area contributed by atoms with Crippen LogP contribution in [0.1, 0.15) is 12.8 Å². The van der Waals surface area contributed by atoms with Crippen LogP contribution in [-0.2, 0) is 0 Å². The van der Waals surface area contributed by atoms with E-state index in [4.69, 9.17) is 11.6 Å². The van der Waals surface area contributed by atoms with Crippen LogP contribution in [0.4, 0.5) is 24.5 Å². The van der Waals surface area contributed by atoms with Crippen LogP contribution in [0.2, 0.25) is 5.02 Å². The molecular weight excluding hydrogens is 376 g/mol. The van der Waals surface area contributed by atoms with E-state index < -0.39 is 17.0 Å². The lowest BCUT2D eigenvalue weighted by atomic mass is 9.96. The summed E-state index contributed by atoms with van der Waals surface area (Å²) in [5.74, 6) is -1.35. The molecule has 116 valence electrons. The monoisotopic (exact) mass is 386 g/mol. The Balaban J connectivity index is 2.24.